The summed E-state index contributed by atoms with van der Waals surface area (Å²) in [4.78, 5) is 11.4. The van der Waals surface area contributed by atoms with Crippen molar-refractivity contribution in [1.82, 2.24) is 0 Å². The highest BCUT2D eigenvalue weighted by Crippen LogP contribution is 2.66. The van der Waals surface area contributed by atoms with Crippen LogP contribution in [-0.4, -0.2) is 16.6 Å². The molecule has 2 unspecified atom stereocenters. The summed E-state index contributed by atoms with van der Waals surface area (Å²) in [5.41, 5.74) is -3.85. The Morgan fingerprint density at radius 3 is 2.00 bits per heavy atom. The largest absolute Gasteiger partial charge is 0.281 e. The average Bonchev–Trinajstić information content (AvgIpc) is 1.95. The number of alkyl halides is 2. The van der Waals surface area contributed by atoms with Crippen molar-refractivity contribution in [3.8, 4) is 0 Å². The highest BCUT2D eigenvalue weighted by atomic mass is 35.5. The normalized spacial score (nSPS) is 57.1. The van der Waals surface area contributed by atoms with Gasteiger partial charge in [-0.2, -0.15) is 0 Å². The van der Waals surface area contributed by atoms with Crippen LogP contribution in [0.25, 0.3) is 0 Å². The summed E-state index contributed by atoms with van der Waals surface area (Å²) in [5.74, 6) is 0.0129. The van der Waals surface area contributed by atoms with Gasteiger partial charge >= 0.3 is 0 Å². The van der Waals surface area contributed by atoms with Gasteiger partial charge in [0, 0.05) is 6.42 Å². The van der Waals surface area contributed by atoms with E-state index >= 15 is 0 Å². The quantitative estimate of drug-likeness (QED) is 0.637. The average molecular weight is 235 g/mol. The van der Waals surface area contributed by atoms with Crippen LogP contribution in [0.4, 0.5) is 8.78 Å². The first-order chi connectivity index (χ1) is 6.85. The van der Waals surface area contributed by atoms with Gasteiger partial charge in [-0.15, -0.1) is 0 Å². The number of carbonyl (C=O) groups is 1. The Balaban J connectivity index is 2.05. The van der Waals surface area contributed by atoms with Crippen LogP contribution >= 0.6 is 11.6 Å². The lowest BCUT2D eigenvalue weighted by Gasteiger charge is -2.59. The van der Waals surface area contributed by atoms with E-state index in [0.717, 1.165) is 0 Å². The summed E-state index contributed by atoms with van der Waals surface area (Å²) >= 11 is 5.55. The minimum Gasteiger partial charge on any atom is -0.281 e. The Hall–Kier alpha value is -0.180. The third kappa shape index (κ3) is 1.28. The predicted molar refractivity (Wildman–Crippen MR) is 52.2 cm³/mol. The van der Waals surface area contributed by atoms with Crippen LogP contribution in [0.2, 0.25) is 0 Å². The van der Waals surface area contributed by atoms with Crippen molar-refractivity contribution in [3.63, 3.8) is 0 Å². The van der Waals surface area contributed by atoms with Gasteiger partial charge in [0.2, 0.25) is 5.24 Å². The molecule has 0 N–H and O–H groups in total. The van der Waals surface area contributed by atoms with E-state index in [9.17, 15) is 13.6 Å². The molecule has 0 aliphatic heterocycles. The van der Waals surface area contributed by atoms with Crippen molar-refractivity contribution in [1.29, 1.82) is 0 Å². The van der Waals surface area contributed by atoms with Gasteiger partial charge in [-0.3, -0.25) is 4.79 Å². The zero-order chi connectivity index (χ0) is 10.9. The third-order valence-electron chi connectivity index (χ3n) is 4.35. The third-order valence-corrected chi connectivity index (χ3v) is 4.75. The van der Waals surface area contributed by atoms with Gasteiger partial charge < -0.3 is 0 Å². The summed E-state index contributed by atoms with van der Waals surface area (Å²) in [7, 11) is 0. The van der Waals surface area contributed by atoms with Gasteiger partial charge in [-0.1, -0.05) is 0 Å². The van der Waals surface area contributed by atoms with Crippen LogP contribution in [-0.2, 0) is 4.79 Å². The lowest BCUT2D eigenvalue weighted by Crippen LogP contribution is -2.61. The van der Waals surface area contributed by atoms with E-state index in [1.165, 1.54) is 0 Å². The molecule has 0 aromatic heterocycles. The molecule has 4 bridgehead atoms. The Bertz CT molecular complexity index is 325. The Morgan fingerprint density at radius 2 is 1.60 bits per heavy atom. The summed E-state index contributed by atoms with van der Waals surface area (Å²) in [6, 6.07) is 0. The van der Waals surface area contributed by atoms with E-state index < -0.39 is 22.0 Å². The van der Waals surface area contributed by atoms with E-state index in [4.69, 9.17) is 11.6 Å². The minimum atomic E-state index is -1.47. The van der Waals surface area contributed by atoms with E-state index in [-0.39, 0.29) is 25.2 Å². The van der Waals surface area contributed by atoms with Gasteiger partial charge in [0.05, 0.1) is 5.41 Å². The molecule has 0 heterocycles. The van der Waals surface area contributed by atoms with Crippen molar-refractivity contribution in [2.24, 2.45) is 11.3 Å². The fraction of sp³-hybridized carbons (Fsp3) is 0.909. The van der Waals surface area contributed by atoms with Crippen LogP contribution in [0, 0.1) is 11.3 Å². The number of carbonyl (C=O) groups excluding carboxylic acids is 1. The molecule has 4 aliphatic rings. The van der Waals surface area contributed by atoms with E-state index in [0.29, 0.717) is 19.3 Å². The van der Waals surface area contributed by atoms with Crippen LogP contribution < -0.4 is 0 Å². The molecular formula is C11H13ClF2O. The maximum Gasteiger partial charge on any atom is 0.228 e. The molecule has 1 nitrogen and oxygen atoms in total. The Labute approximate surface area is 92.2 Å². The molecule has 4 rings (SSSR count). The van der Waals surface area contributed by atoms with Gasteiger partial charge in [-0.05, 0) is 49.6 Å². The van der Waals surface area contributed by atoms with Gasteiger partial charge in [0.25, 0.3) is 0 Å². The molecule has 0 saturated heterocycles. The van der Waals surface area contributed by atoms with E-state index in [2.05, 4.69) is 0 Å². The molecular weight excluding hydrogens is 222 g/mol. The van der Waals surface area contributed by atoms with Crippen LogP contribution in [0.1, 0.15) is 38.5 Å². The summed E-state index contributed by atoms with van der Waals surface area (Å²) in [6.45, 7) is 0. The van der Waals surface area contributed by atoms with Crippen molar-refractivity contribution < 1.29 is 13.6 Å². The van der Waals surface area contributed by atoms with Crippen molar-refractivity contribution >= 4 is 16.8 Å². The standard InChI is InChI=1S/C11H13ClF2O/c12-8(15)9-1-7-2-10(13,4-9)6-11(14,3-7)5-9/h7H,1-6H2. The first kappa shape index (κ1) is 10.0. The molecule has 15 heavy (non-hydrogen) atoms. The summed E-state index contributed by atoms with van der Waals surface area (Å²) in [5, 5.41) is -0.532. The lowest BCUT2D eigenvalue weighted by molar-refractivity contribution is -0.178. The first-order valence-corrected chi connectivity index (χ1v) is 5.81. The van der Waals surface area contributed by atoms with Crippen LogP contribution in [0.15, 0.2) is 0 Å². The summed E-state index contributed by atoms with van der Waals surface area (Å²) in [6.07, 6.45) is 1.69. The van der Waals surface area contributed by atoms with Crippen molar-refractivity contribution in [2.45, 2.75) is 49.9 Å². The van der Waals surface area contributed by atoms with E-state index in [1.807, 2.05) is 0 Å². The van der Waals surface area contributed by atoms with Crippen molar-refractivity contribution in [2.75, 3.05) is 0 Å². The molecule has 4 heteroatoms. The molecule has 4 saturated carbocycles. The van der Waals surface area contributed by atoms with Gasteiger partial charge in [0.15, 0.2) is 0 Å². The molecule has 0 amide bonds. The molecule has 4 aliphatic carbocycles. The van der Waals surface area contributed by atoms with Crippen LogP contribution in [0.3, 0.4) is 0 Å². The fourth-order valence-corrected chi connectivity index (χ4v) is 4.64. The zero-order valence-corrected chi connectivity index (χ0v) is 9.12. The second kappa shape index (κ2) is 2.55. The Morgan fingerprint density at radius 1 is 1.07 bits per heavy atom. The Kier molecular flexibility index (Phi) is 1.70. The SMILES string of the molecule is O=C(Cl)C12CC3CC(F)(CC(F)(C3)C1)C2. The lowest BCUT2D eigenvalue weighted by atomic mass is 9.48. The van der Waals surface area contributed by atoms with Crippen molar-refractivity contribution in [3.05, 3.63) is 0 Å². The smallest absolute Gasteiger partial charge is 0.228 e. The molecule has 84 valence electrons. The fourth-order valence-electron chi connectivity index (χ4n) is 4.42. The predicted octanol–water partition coefficient (Wildman–Crippen LogP) is 3.15. The maximum absolute atomic E-state index is 14.3. The second-order valence-corrected chi connectivity index (χ2v) is 6.21. The zero-order valence-electron chi connectivity index (χ0n) is 8.36. The minimum absolute atomic E-state index is 0.0129. The molecule has 0 aromatic carbocycles. The highest BCUT2D eigenvalue weighted by Gasteiger charge is 2.66. The molecule has 0 radical (unpaired) electrons. The molecule has 0 aromatic rings. The van der Waals surface area contributed by atoms with Crippen LogP contribution in [0.5, 0.6) is 0 Å². The second-order valence-electron chi connectivity index (χ2n) is 5.86. The molecule has 0 spiro atoms. The molecule has 2 atom stereocenters. The van der Waals surface area contributed by atoms with E-state index in [1.54, 1.807) is 0 Å². The highest BCUT2D eigenvalue weighted by molar-refractivity contribution is 6.64. The topological polar surface area (TPSA) is 17.1 Å². The summed E-state index contributed by atoms with van der Waals surface area (Å²) < 4.78 is 28.6. The van der Waals surface area contributed by atoms with Gasteiger partial charge in [0.1, 0.15) is 11.3 Å². The molecule has 4 fully saturated rings. The number of rotatable bonds is 1. The number of halogens is 3. The number of hydrogen-bond acceptors (Lipinski definition) is 1. The maximum atomic E-state index is 14.3. The first-order valence-electron chi connectivity index (χ1n) is 5.43. The monoisotopic (exact) mass is 234 g/mol. The van der Waals surface area contributed by atoms with Gasteiger partial charge in [-0.25, -0.2) is 8.78 Å². The number of hydrogen-bond donors (Lipinski definition) is 0.